The number of methoxy groups -OCH3 is 1. The first-order valence-corrected chi connectivity index (χ1v) is 5.54. The van der Waals surface area contributed by atoms with Crippen LogP contribution in [0.1, 0.15) is 38.5 Å². The highest BCUT2D eigenvalue weighted by Crippen LogP contribution is 2.36. The standard InChI is InChI=1S/C12H16O3/c1-15-12(14)9-6-5-8-3-2-4-11(13)10(8)7-9/h9H,2-7H2,1H3. The smallest absolute Gasteiger partial charge is 0.309 e. The van der Waals surface area contributed by atoms with Crippen LogP contribution in [0.25, 0.3) is 0 Å². The fourth-order valence-corrected chi connectivity index (χ4v) is 2.56. The van der Waals surface area contributed by atoms with E-state index in [-0.39, 0.29) is 17.7 Å². The number of hydrogen-bond donors (Lipinski definition) is 0. The van der Waals surface area contributed by atoms with E-state index in [4.69, 9.17) is 4.74 Å². The molecule has 0 fully saturated rings. The summed E-state index contributed by atoms with van der Waals surface area (Å²) in [6.07, 6.45) is 5.06. The highest BCUT2D eigenvalue weighted by atomic mass is 16.5. The second-order valence-electron chi connectivity index (χ2n) is 4.32. The third-order valence-electron chi connectivity index (χ3n) is 3.43. The van der Waals surface area contributed by atoms with Gasteiger partial charge in [-0.3, -0.25) is 9.59 Å². The Morgan fingerprint density at radius 2 is 2.13 bits per heavy atom. The van der Waals surface area contributed by atoms with Crippen LogP contribution >= 0.6 is 0 Å². The fraction of sp³-hybridized carbons (Fsp3) is 0.667. The maximum Gasteiger partial charge on any atom is 0.309 e. The van der Waals surface area contributed by atoms with Crippen molar-refractivity contribution in [3.05, 3.63) is 11.1 Å². The molecule has 3 nitrogen and oxygen atoms in total. The van der Waals surface area contributed by atoms with Gasteiger partial charge in [-0.05, 0) is 37.7 Å². The van der Waals surface area contributed by atoms with Gasteiger partial charge in [0.2, 0.25) is 0 Å². The number of hydrogen-bond acceptors (Lipinski definition) is 3. The molecule has 2 aliphatic carbocycles. The SMILES string of the molecule is COC(=O)C1CCC2=C(C1)C(=O)CCC2. The molecule has 0 bridgehead atoms. The van der Waals surface area contributed by atoms with Crippen molar-refractivity contribution in [2.75, 3.05) is 7.11 Å². The van der Waals surface area contributed by atoms with Gasteiger partial charge in [-0.25, -0.2) is 0 Å². The quantitative estimate of drug-likeness (QED) is 0.619. The van der Waals surface area contributed by atoms with E-state index in [1.807, 2.05) is 0 Å². The lowest BCUT2D eigenvalue weighted by Gasteiger charge is -2.27. The minimum absolute atomic E-state index is 0.0872. The fourth-order valence-electron chi connectivity index (χ4n) is 2.56. The summed E-state index contributed by atoms with van der Waals surface area (Å²) in [6.45, 7) is 0. The van der Waals surface area contributed by atoms with Crippen molar-refractivity contribution in [1.82, 2.24) is 0 Å². The second-order valence-corrected chi connectivity index (χ2v) is 4.32. The van der Waals surface area contributed by atoms with Crippen LogP contribution in [0.3, 0.4) is 0 Å². The van der Waals surface area contributed by atoms with E-state index in [0.29, 0.717) is 12.8 Å². The summed E-state index contributed by atoms with van der Waals surface area (Å²) in [7, 11) is 1.41. The summed E-state index contributed by atoms with van der Waals surface area (Å²) in [4.78, 5) is 23.1. The molecule has 2 rings (SSSR count). The molecule has 0 radical (unpaired) electrons. The number of allylic oxidation sites excluding steroid dienone is 2. The number of Topliss-reactive ketones (excluding diaryl/α,β-unsaturated/α-hetero) is 1. The van der Waals surface area contributed by atoms with Gasteiger partial charge >= 0.3 is 5.97 Å². The zero-order valence-corrected chi connectivity index (χ0v) is 9.04. The highest BCUT2D eigenvalue weighted by molar-refractivity contribution is 5.97. The molecule has 3 heteroatoms. The first kappa shape index (κ1) is 10.4. The minimum atomic E-state index is -0.167. The summed E-state index contributed by atoms with van der Waals surface area (Å²) < 4.78 is 4.73. The van der Waals surface area contributed by atoms with Crippen molar-refractivity contribution in [2.24, 2.45) is 5.92 Å². The Balaban J connectivity index is 2.15. The lowest BCUT2D eigenvalue weighted by molar-refractivity contribution is -0.145. The molecule has 82 valence electrons. The maximum absolute atomic E-state index is 11.7. The van der Waals surface area contributed by atoms with E-state index >= 15 is 0 Å². The monoisotopic (exact) mass is 208 g/mol. The minimum Gasteiger partial charge on any atom is -0.469 e. The summed E-state index contributed by atoms with van der Waals surface area (Å²) in [5.41, 5.74) is 2.23. The average Bonchev–Trinajstić information content (AvgIpc) is 2.28. The number of carbonyl (C=O) groups excluding carboxylic acids is 2. The van der Waals surface area contributed by atoms with Crippen molar-refractivity contribution in [1.29, 1.82) is 0 Å². The Bertz CT molecular complexity index is 328. The Labute approximate surface area is 89.5 Å². The van der Waals surface area contributed by atoms with Gasteiger partial charge in [0, 0.05) is 6.42 Å². The Hall–Kier alpha value is -1.12. The Morgan fingerprint density at radius 3 is 2.87 bits per heavy atom. The van der Waals surface area contributed by atoms with E-state index < -0.39 is 0 Å². The Kier molecular flexibility index (Phi) is 2.89. The lowest BCUT2D eigenvalue weighted by Crippen LogP contribution is -2.25. The Morgan fingerprint density at radius 1 is 1.33 bits per heavy atom. The van der Waals surface area contributed by atoms with Crippen molar-refractivity contribution >= 4 is 11.8 Å². The van der Waals surface area contributed by atoms with Crippen LogP contribution in [0.5, 0.6) is 0 Å². The molecule has 0 saturated carbocycles. The van der Waals surface area contributed by atoms with E-state index in [1.54, 1.807) is 0 Å². The summed E-state index contributed by atoms with van der Waals surface area (Å²) in [6, 6.07) is 0. The molecular formula is C12H16O3. The zero-order valence-electron chi connectivity index (χ0n) is 9.04. The van der Waals surface area contributed by atoms with E-state index in [2.05, 4.69) is 0 Å². The topological polar surface area (TPSA) is 43.4 Å². The molecule has 0 aromatic rings. The van der Waals surface area contributed by atoms with Crippen LogP contribution in [0.15, 0.2) is 11.1 Å². The predicted octanol–water partition coefficient (Wildman–Crippen LogP) is 2.01. The molecule has 0 aromatic heterocycles. The number of carbonyl (C=O) groups is 2. The van der Waals surface area contributed by atoms with E-state index in [0.717, 1.165) is 31.3 Å². The molecule has 0 saturated heterocycles. The molecule has 0 N–H and O–H groups in total. The number of ether oxygens (including phenoxy) is 1. The molecule has 0 heterocycles. The van der Waals surface area contributed by atoms with Gasteiger partial charge in [-0.15, -0.1) is 0 Å². The summed E-state index contributed by atoms with van der Waals surface area (Å²) in [5, 5.41) is 0. The van der Waals surface area contributed by atoms with Crippen LogP contribution < -0.4 is 0 Å². The van der Waals surface area contributed by atoms with Crippen LogP contribution in [-0.2, 0) is 14.3 Å². The van der Waals surface area contributed by atoms with Gasteiger partial charge in [0.15, 0.2) is 5.78 Å². The van der Waals surface area contributed by atoms with Crippen molar-refractivity contribution in [3.8, 4) is 0 Å². The number of esters is 1. The second kappa shape index (κ2) is 4.17. The molecule has 1 atom stereocenters. The van der Waals surface area contributed by atoms with Gasteiger partial charge in [0.1, 0.15) is 0 Å². The lowest BCUT2D eigenvalue weighted by atomic mass is 9.77. The zero-order chi connectivity index (χ0) is 10.8. The molecule has 15 heavy (non-hydrogen) atoms. The normalized spacial score (nSPS) is 26.2. The highest BCUT2D eigenvalue weighted by Gasteiger charge is 2.31. The van der Waals surface area contributed by atoms with Gasteiger partial charge in [-0.2, -0.15) is 0 Å². The molecule has 0 aromatic carbocycles. The van der Waals surface area contributed by atoms with Gasteiger partial charge < -0.3 is 4.74 Å². The third kappa shape index (κ3) is 1.96. The van der Waals surface area contributed by atoms with E-state index in [1.165, 1.54) is 12.7 Å². The largest absolute Gasteiger partial charge is 0.469 e. The third-order valence-corrected chi connectivity index (χ3v) is 3.43. The number of ketones is 1. The van der Waals surface area contributed by atoms with Crippen LogP contribution in [0.2, 0.25) is 0 Å². The average molecular weight is 208 g/mol. The summed E-state index contributed by atoms with van der Waals surface area (Å²) >= 11 is 0. The van der Waals surface area contributed by atoms with Crippen LogP contribution in [0.4, 0.5) is 0 Å². The van der Waals surface area contributed by atoms with Crippen molar-refractivity contribution < 1.29 is 14.3 Å². The molecular weight excluding hydrogens is 192 g/mol. The van der Waals surface area contributed by atoms with Crippen LogP contribution in [-0.4, -0.2) is 18.9 Å². The number of rotatable bonds is 1. The van der Waals surface area contributed by atoms with Gasteiger partial charge in [0.25, 0.3) is 0 Å². The van der Waals surface area contributed by atoms with E-state index in [9.17, 15) is 9.59 Å². The predicted molar refractivity (Wildman–Crippen MR) is 55.2 cm³/mol. The van der Waals surface area contributed by atoms with Gasteiger partial charge in [-0.1, -0.05) is 5.57 Å². The van der Waals surface area contributed by atoms with Gasteiger partial charge in [0.05, 0.1) is 13.0 Å². The molecule has 0 spiro atoms. The molecule has 2 aliphatic rings. The first-order valence-electron chi connectivity index (χ1n) is 5.54. The molecule has 0 amide bonds. The van der Waals surface area contributed by atoms with Crippen molar-refractivity contribution in [3.63, 3.8) is 0 Å². The first-order chi connectivity index (χ1) is 7.22. The van der Waals surface area contributed by atoms with Crippen LogP contribution in [0, 0.1) is 5.92 Å². The molecule has 0 aliphatic heterocycles. The molecule has 1 unspecified atom stereocenters. The maximum atomic E-state index is 11.7. The van der Waals surface area contributed by atoms with Crippen molar-refractivity contribution in [2.45, 2.75) is 38.5 Å². The summed E-state index contributed by atoms with van der Waals surface area (Å²) in [5.74, 6) is 0.000534.